The molecule has 0 saturated carbocycles. The van der Waals surface area contributed by atoms with E-state index < -0.39 is 33.7 Å². The normalized spacial score (nSPS) is 16.5. The van der Waals surface area contributed by atoms with Crippen LogP contribution in [0.2, 0.25) is 5.02 Å². The van der Waals surface area contributed by atoms with Crippen LogP contribution in [-0.4, -0.2) is 22.9 Å². The fourth-order valence-corrected chi connectivity index (χ4v) is 4.33. The highest BCUT2D eigenvalue weighted by atomic mass is 35.5. The van der Waals surface area contributed by atoms with Gasteiger partial charge in [-0.15, -0.1) is 11.8 Å². The van der Waals surface area contributed by atoms with Gasteiger partial charge in [-0.25, -0.2) is 13.6 Å². The van der Waals surface area contributed by atoms with Crippen LogP contribution in [0.1, 0.15) is 30.2 Å². The summed E-state index contributed by atoms with van der Waals surface area (Å²) in [5.41, 5.74) is 3.92. The quantitative estimate of drug-likeness (QED) is 0.495. The van der Waals surface area contributed by atoms with Crippen LogP contribution in [0.15, 0.2) is 9.82 Å². The van der Waals surface area contributed by atoms with Gasteiger partial charge < -0.3 is 15.0 Å². The molecule has 1 aliphatic heterocycles. The topological polar surface area (TPSA) is 74.3 Å². The van der Waals surface area contributed by atoms with E-state index in [4.69, 9.17) is 22.1 Å². The summed E-state index contributed by atoms with van der Waals surface area (Å²) in [7, 11) is 0. The Labute approximate surface area is 144 Å². The maximum Gasteiger partial charge on any atom is 0.344 e. The number of nitrogens with two attached hydrogens (primary N) is 1. The van der Waals surface area contributed by atoms with E-state index in [1.165, 1.54) is 11.8 Å². The molecule has 1 aromatic heterocycles. The van der Waals surface area contributed by atoms with Crippen molar-refractivity contribution in [3.63, 3.8) is 0 Å². The van der Waals surface area contributed by atoms with Crippen molar-refractivity contribution in [1.82, 2.24) is 4.57 Å². The molecule has 1 atom stereocenters. The first-order valence-electron chi connectivity index (χ1n) is 7.15. The van der Waals surface area contributed by atoms with Crippen molar-refractivity contribution < 1.29 is 18.3 Å². The molecule has 2 N–H and O–H groups in total. The minimum atomic E-state index is -1.40. The second kappa shape index (κ2) is 5.93. The minimum absolute atomic E-state index is 0.00128. The molecule has 2 heterocycles. The Morgan fingerprint density at radius 1 is 1.46 bits per heavy atom. The van der Waals surface area contributed by atoms with Gasteiger partial charge in [0.2, 0.25) is 5.43 Å². The zero-order valence-electron chi connectivity index (χ0n) is 12.8. The Bertz CT molecular complexity index is 945. The largest absolute Gasteiger partial charge is 0.462 e. The molecule has 0 spiro atoms. The second-order valence-electron chi connectivity index (χ2n) is 5.34. The number of ether oxygens (including phenoxy) is 1. The van der Waals surface area contributed by atoms with Crippen molar-refractivity contribution in [2.75, 3.05) is 18.1 Å². The Hall–Kier alpha value is -1.80. The number of hydrogen-bond donors (Lipinski definition) is 1. The van der Waals surface area contributed by atoms with Gasteiger partial charge in [0.15, 0.2) is 11.6 Å². The fraction of sp³-hybridized carbons (Fsp3) is 0.333. The molecular weight excluding hydrogens is 362 g/mol. The summed E-state index contributed by atoms with van der Waals surface area (Å²) in [5, 5.41) is -0.509. The van der Waals surface area contributed by atoms with E-state index >= 15 is 0 Å². The molecule has 3 rings (SSSR count). The molecule has 0 radical (unpaired) electrons. The van der Waals surface area contributed by atoms with Gasteiger partial charge in [0, 0.05) is 11.8 Å². The van der Waals surface area contributed by atoms with E-state index in [9.17, 15) is 18.4 Å². The highest BCUT2D eigenvalue weighted by Crippen LogP contribution is 2.42. The molecule has 0 amide bonds. The molecule has 1 aromatic carbocycles. The maximum absolute atomic E-state index is 14.0. The Morgan fingerprint density at radius 3 is 2.75 bits per heavy atom. The van der Waals surface area contributed by atoms with Crippen LogP contribution >= 0.6 is 23.4 Å². The van der Waals surface area contributed by atoms with Crippen LogP contribution in [0.3, 0.4) is 0 Å². The lowest BCUT2D eigenvalue weighted by molar-refractivity contribution is 0.0519. The Balaban J connectivity index is 2.57. The van der Waals surface area contributed by atoms with Gasteiger partial charge in [0.25, 0.3) is 0 Å². The number of anilines is 1. The molecular formula is C15H13ClF2N2O3S. The van der Waals surface area contributed by atoms with Gasteiger partial charge in [-0.3, -0.25) is 4.79 Å². The van der Waals surface area contributed by atoms with E-state index in [0.717, 1.165) is 0 Å². The number of fused-ring (bicyclic) bond motifs is 3. The number of pyridine rings is 1. The monoisotopic (exact) mass is 374 g/mol. The van der Waals surface area contributed by atoms with E-state index in [-0.39, 0.29) is 29.1 Å². The maximum atomic E-state index is 14.0. The molecule has 2 aromatic rings. The predicted molar refractivity (Wildman–Crippen MR) is 88.9 cm³/mol. The third-order valence-corrected chi connectivity index (χ3v) is 5.51. The number of thioether (sulfide) groups is 1. The number of benzene rings is 1. The van der Waals surface area contributed by atoms with E-state index in [0.29, 0.717) is 10.8 Å². The Kier molecular flexibility index (Phi) is 4.21. The zero-order chi connectivity index (χ0) is 17.8. The standard InChI is InChI=1S/C15H13ClF2N2O3S/c1-3-23-15(22)7-13(21)6-11(19)10(18)9(17)8(16)12(6)20-5(2)4-24-14(7)20/h5H,3-4,19H2,1-2H3/t5-/m1/s1. The van der Waals surface area contributed by atoms with Crippen LogP contribution in [0, 0.1) is 11.6 Å². The van der Waals surface area contributed by atoms with E-state index in [1.54, 1.807) is 11.5 Å². The van der Waals surface area contributed by atoms with Crippen molar-refractivity contribution in [1.29, 1.82) is 0 Å². The van der Waals surface area contributed by atoms with Crippen molar-refractivity contribution in [2.24, 2.45) is 0 Å². The summed E-state index contributed by atoms with van der Waals surface area (Å²) in [5.74, 6) is -3.00. The molecule has 5 nitrogen and oxygen atoms in total. The van der Waals surface area contributed by atoms with E-state index in [2.05, 4.69) is 0 Å². The lowest BCUT2D eigenvalue weighted by Crippen LogP contribution is -2.24. The van der Waals surface area contributed by atoms with Gasteiger partial charge in [-0.2, -0.15) is 0 Å². The second-order valence-corrected chi connectivity index (χ2v) is 6.73. The van der Waals surface area contributed by atoms with Gasteiger partial charge >= 0.3 is 5.97 Å². The molecule has 0 saturated heterocycles. The highest BCUT2D eigenvalue weighted by Gasteiger charge is 2.33. The van der Waals surface area contributed by atoms with Crippen molar-refractivity contribution >= 4 is 45.9 Å². The lowest BCUT2D eigenvalue weighted by atomic mass is 10.1. The molecule has 0 fully saturated rings. The van der Waals surface area contributed by atoms with Gasteiger partial charge in [-0.1, -0.05) is 11.6 Å². The van der Waals surface area contributed by atoms with Crippen molar-refractivity contribution in [2.45, 2.75) is 24.9 Å². The summed E-state index contributed by atoms with van der Waals surface area (Å²) in [6.07, 6.45) is 0. The average molecular weight is 375 g/mol. The molecule has 0 bridgehead atoms. The summed E-state index contributed by atoms with van der Waals surface area (Å²) in [6.45, 7) is 3.49. The third-order valence-electron chi connectivity index (χ3n) is 3.85. The van der Waals surface area contributed by atoms with Gasteiger partial charge in [0.05, 0.1) is 28.2 Å². The molecule has 9 heteroatoms. The SMILES string of the molecule is CCOC(=O)c1c2n(c3c(Cl)c(F)c(F)c(N)c3c1=O)[C@H](C)CS2. The van der Waals surface area contributed by atoms with E-state index in [1.807, 2.05) is 6.92 Å². The number of nitrogens with zero attached hydrogens (tertiary/aromatic N) is 1. The van der Waals surface area contributed by atoms with Crippen LogP contribution in [0.25, 0.3) is 10.9 Å². The van der Waals surface area contributed by atoms with Crippen LogP contribution in [0.5, 0.6) is 0 Å². The number of carbonyl (C=O) groups is 1. The van der Waals surface area contributed by atoms with Crippen LogP contribution in [-0.2, 0) is 4.74 Å². The number of nitrogen functional groups attached to an aromatic ring is 1. The van der Waals surface area contributed by atoms with Crippen LogP contribution in [0.4, 0.5) is 14.5 Å². The molecule has 0 aliphatic carbocycles. The summed E-state index contributed by atoms with van der Waals surface area (Å²) in [6, 6.07) is -0.192. The zero-order valence-corrected chi connectivity index (χ0v) is 14.4. The number of carbonyl (C=O) groups excluding carboxylic acids is 1. The molecule has 0 unspecified atom stereocenters. The highest BCUT2D eigenvalue weighted by molar-refractivity contribution is 7.99. The first-order valence-corrected chi connectivity index (χ1v) is 8.51. The number of hydrogen-bond acceptors (Lipinski definition) is 5. The minimum Gasteiger partial charge on any atom is -0.462 e. The van der Waals surface area contributed by atoms with Crippen molar-refractivity contribution in [3.8, 4) is 0 Å². The van der Waals surface area contributed by atoms with Gasteiger partial charge in [0.1, 0.15) is 10.6 Å². The summed E-state index contributed by atoms with van der Waals surface area (Å²) in [4.78, 5) is 25.0. The summed E-state index contributed by atoms with van der Waals surface area (Å²) < 4.78 is 34.5. The number of esters is 1. The average Bonchev–Trinajstić information content (AvgIpc) is 2.91. The smallest absolute Gasteiger partial charge is 0.344 e. The van der Waals surface area contributed by atoms with Gasteiger partial charge in [-0.05, 0) is 13.8 Å². The predicted octanol–water partition coefficient (Wildman–Crippen LogP) is 3.36. The molecule has 1 aliphatic rings. The first kappa shape index (κ1) is 17.0. The third kappa shape index (κ3) is 2.20. The molecule has 128 valence electrons. The summed E-state index contributed by atoms with van der Waals surface area (Å²) >= 11 is 7.22. The fourth-order valence-electron chi connectivity index (χ4n) is 2.79. The first-order chi connectivity index (χ1) is 11.3. The lowest BCUT2D eigenvalue weighted by Gasteiger charge is -2.18. The van der Waals surface area contributed by atoms with Crippen molar-refractivity contribution in [3.05, 3.63) is 32.4 Å². The number of aromatic nitrogens is 1. The van der Waals surface area contributed by atoms with Crippen LogP contribution < -0.4 is 11.2 Å². The number of halogens is 3. The Morgan fingerprint density at radius 2 is 2.12 bits per heavy atom. The molecule has 24 heavy (non-hydrogen) atoms. The number of rotatable bonds is 2.